The molecule has 1 aromatic carbocycles. The summed E-state index contributed by atoms with van der Waals surface area (Å²) >= 11 is 0. The van der Waals surface area contributed by atoms with E-state index >= 15 is 0 Å². The smallest absolute Gasteiger partial charge is 0.174 e. The highest BCUT2D eigenvalue weighted by Gasteiger charge is 2.21. The molecule has 0 saturated heterocycles. The molecule has 0 fully saturated rings. The van der Waals surface area contributed by atoms with E-state index in [1.54, 1.807) is 31.4 Å². The van der Waals surface area contributed by atoms with Crippen molar-refractivity contribution in [2.45, 2.75) is 25.7 Å². The summed E-state index contributed by atoms with van der Waals surface area (Å²) in [5.41, 5.74) is 0.645. The first kappa shape index (κ1) is 16.7. The summed E-state index contributed by atoms with van der Waals surface area (Å²) in [7, 11) is 1.59. The number of tetrazole rings is 2. The van der Waals surface area contributed by atoms with Crippen LogP contribution >= 0.6 is 0 Å². The number of rotatable bonds is 9. The van der Waals surface area contributed by atoms with Gasteiger partial charge in [-0.15, -0.1) is 20.4 Å². The van der Waals surface area contributed by atoms with Gasteiger partial charge in [0.2, 0.25) is 0 Å². The minimum Gasteiger partial charge on any atom is -0.497 e. The van der Waals surface area contributed by atoms with Gasteiger partial charge in [0.15, 0.2) is 17.4 Å². The zero-order chi connectivity index (χ0) is 17.5. The molecule has 0 radical (unpaired) electrons. The number of carbonyl (C=O) groups excluding carboxylic acids is 1. The molecule has 0 unspecified atom stereocenters. The maximum absolute atomic E-state index is 12.9. The van der Waals surface area contributed by atoms with E-state index in [0.29, 0.717) is 48.6 Å². The molecule has 0 aliphatic carbocycles. The van der Waals surface area contributed by atoms with Crippen molar-refractivity contribution in [1.29, 1.82) is 0 Å². The first-order chi connectivity index (χ1) is 12.3. The Labute approximate surface area is 143 Å². The van der Waals surface area contributed by atoms with Gasteiger partial charge in [-0.2, -0.15) is 10.4 Å². The Balaban J connectivity index is 1.69. The number of aryl methyl sites for hydroxylation is 2. The highest BCUT2D eigenvalue weighted by molar-refractivity contribution is 5.97. The summed E-state index contributed by atoms with van der Waals surface area (Å²) in [6.45, 7) is 0. The molecule has 2 heterocycles. The van der Waals surface area contributed by atoms with Crippen LogP contribution in [0.4, 0.5) is 0 Å². The lowest BCUT2D eigenvalue weighted by Crippen LogP contribution is -2.17. The average Bonchev–Trinajstić information content (AvgIpc) is 3.35. The lowest BCUT2D eigenvalue weighted by molar-refractivity contribution is 0.0906. The molecule has 130 valence electrons. The van der Waals surface area contributed by atoms with Gasteiger partial charge in [-0.3, -0.25) is 4.79 Å². The van der Waals surface area contributed by atoms with Gasteiger partial charge < -0.3 is 4.74 Å². The van der Waals surface area contributed by atoms with Gasteiger partial charge in [0, 0.05) is 24.3 Å². The van der Waals surface area contributed by atoms with E-state index in [1.807, 2.05) is 0 Å². The Bertz CT molecular complexity index is 732. The van der Waals surface area contributed by atoms with Crippen LogP contribution in [0.2, 0.25) is 0 Å². The third-order valence-electron chi connectivity index (χ3n) is 3.96. The van der Waals surface area contributed by atoms with Gasteiger partial charge >= 0.3 is 0 Å². The number of hydrogen-bond donors (Lipinski definition) is 2. The zero-order valence-corrected chi connectivity index (χ0v) is 13.7. The predicted molar refractivity (Wildman–Crippen MR) is 85.8 cm³/mol. The average molecular weight is 342 g/mol. The topological polar surface area (TPSA) is 135 Å². The molecule has 2 N–H and O–H groups in total. The van der Waals surface area contributed by atoms with Crippen molar-refractivity contribution in [1.82, 2.24) is 41.2 Å². The Morgan fingerprint density at radius 2 is 1.56 bits per heavy atom. The Morgan fingerprint density at radius 3 is 2.00 bits per heavy atom. The van der Waals surface area contributed by atoms with Crippen molar-refractivity contribution in [3.8, 4) is 5.75 Å². The Hall–Kier alpha value is -3.17. The monoisotopic (exact) mass is 342 g/mol. The number of methoxy groups -OCH3 is 1. The van der Waals surface area contributed by atoms with E-state index in [4.69, 9.17) is 4.74 Å². The molecule has 2 aromatic heterocycles. The summed E-state index contributed by atoms with van der Waals surface area (Å²) in [5.74, 6) is 1.76. The van der Waals surface area contributed by atoms with E-state index in [1.165, 1.54) is 0 Å². The van der Waals surface area contributed by atoms with Crippen LogP contribution in [0.3, 0.4) is 0 Å². The number of H-pyrrole nitrogens is 2. The largest absolute Gasteiger partial charge is 0.497 e. The van der Waals surface area contributed by atoms with Crippen LogP contribution < -0.4 is 4.74 Å². The van der Waals surface area contributed by atoms with Gasteiger partial charge in [-0.25, -0.2) is 0 Å². The molecule has 3 aromatic rings. The zero-order valence-electron chi connectivity index (χ0n) is 13.7. The number of hydrogen-bond acceptors (Lipinski definition) is 8. The number of aromatic amines is 2. The standard InChI is InChI=1S/C15H18N8O2/c1-25-12-6-2-10(3-7-12)15(24)11(4-8-13-16-20-21-17-13)5-9-14-18-22-23-19-14/h2-3,6-7,11H,4-5,8-9H2,1H3,(H,16,17,20,21)(H,18,19,22,23). The maximum atomic E-state index is 12.9. The number of ketones is 1. The number of benzene rings is 1. The molecule has 10 nitrogen and oxygen atoms in total. The number of nitrogens with one attached hydrogen (secondary N) is 2. The minimum atomic E-state index is -0.203. The van der Waals surface area contributed by atoms with E-state index in [2.05, 4.69) is 41.2 Å². The van der Waals surface area contributed by atoms with Gasteiger partial charge in [0.1, 0.15) is 5.75 Å². The summed E-state index contributed by atoms with van der Waals surface area (Å²) in [5, 5.41) is 27.7. The molecule has 0 spiro atoms. The van der Waals surface area contributed by atoms with Crippen LogP contribution in [0, 0.1) is 5.92 Å². The number of aromatic nitrogens is 8. The SMILES string of the molecule is COc1ccc(C(=O)C(CCc2nn[nH]n2)CCc2nn[nH]n2)cc1. The van der Waals surface area contributed by atoms with Crippen molar-refractivity contribution in [3.05, 3.63) is 41.5 Å². The lowest BCUT2D eigenvalue weighted by Gasteiger charge is -2.14. The molecule has 0 amide bonds. The van der Waals surface area contributed by atoms with Crippen LogP contribution in [-0.4, -0.2) is 54.1 Å². The summed E-state index contributed by atoms with van der Waals surface area (Å²) < 4.78 is 5.14. The van der Waals surface area contributed by atoms with Gasteiger partial charge in [-0.1, -0.05) is 10.4 Å². The normalized spacial score (nSPS) is 11.0. The number of carbonyl (C=O) groups is 1. The molecule has 3 rings (SSSR count). The number of ether oxygens (including phenoxy) is 1. The molecule has 0 atom stereocenters. The van der Waals surface area contributed by atoms with Crippen LogP contribution in [0.5, 0.6) is 5.75 Å². The van der Waals surface area contributed by atoms with E-state index in [-0.39, 0.29) is 11.7 Å². The molecule has 0 saturated carbocycles. The van der Waals surface area contributed by atoms with Gasteiger partial charge in [0.25, 0.3) is 0 Å². The third kappa shape index (κ3) is 4.43. The fourth-order valence-corrected chi connectivity index (χ4v) is 2.58. The van der Waals surface area contributed by atoms with Crippen molar-refractivity contribution in [3.63, 3.8) is 0 Å². The quantitative estimate of drug-likeness (QED) is 0.545. The van der Waals surface area contributed by atoms with Crippen LogP contribution in [0.25, 0.3) is 0 Å². The van der Waals surface area contributed by atoms with E-state index in [9.17, 15) is 4.79 Å². The molecule has 0 aliphatic rings. The minimum absolute atomic E-state index is 0.0645. The molecule has 25 heavy (non-hydrogen) atoms. The second-order valence-electron chi connectivity index (χ2n) is 5.52. The first-order valence-electron chi connectivity index (χ1n) is 7.89. The van der Waals surface area contributed by atoms with E-state index in [0.717, 1.165) is 0 Å². The second-order valence-corrected chi connectivity index (χ2v) is 5.52. The molecule has 0 aliphatic heterocycles. The fraction of sp³-hybridized carbons (Fsp3) is 0.400. The summed E-state index contributed by atoms with van der Waals surface area (Å²) in [6.07, 6.45) is 2.36. The Kier molecular flexibility index (Phi) is 5.39. The van der Waals surface area contributed by atoms with E-state index < -0.39 is 0 Å². The van der Waals surface area contributed by atoms with Crippen molar-refractivity contribution >= 4 is 5.78 Å². The maximum Gasteiger partial charge on any atom is 0.174 e. The predicted octanol–water partition coefficient (Wildman–Crippen LogP) is 0.786. The summed E-state index contributed by atoms with van der Waals surface area (Å²) in [6, 6.07) is 7.11. The second kappa shape index (κ2) is 8.08. The highest BCUT2D eigenvalue weighted by atomic mass is 16.5. The van der Waals surface area contributed by atoms with Crippen LogP contribution in [-0.2, 0) is 12.8 Å². The van der Waals surface area contributed by atoms with Gasteiger partial charge in [0.05, 0.1) is 7.11 Å². The Morgan fingerprint density at radius 1 is 1.00 bits per heavy atom. The lowest BCUT2D eigenvalue weighted by atomic mass is 9.89. The number of nitrogens with zero attached hydrogens (tertiary/aromatic N) is 6. The number of Topliss-reactive ketones (excluding diaryl/α,β-unsaturated/α-hetero) is 1. The first-order valence-corrected chi connectivity index (χ1v) is 7.89. The highest BCUT2D eigenvalue weighted by Crippen LogP contribution is 2.21. The summed E-state index contributed by atoms with van der Waals surface area (Å²) in [4.78, 5) is 12.9. The van der Waals surface area contributed by atoms with Crippen molar-refractivity contribution < 1.29 is 9.53 Å². The molecule has 10 heteroatoms. The fourth-order valence-electron chi connectivity index (χ4n) is 2.58. The van der Waals surface area contributed by atoms with Crippen LogP contribution in [0.15, 0.2) is 24.3 Å². The molecular formula is C15H18N8O2. The molecule has 0 bridgehead atoms. The third-order valence-corrected chi connectivity index (χ3v) is 3.96. The molecular weight excluding hydrogens is 324 g/mol. The van der Waals surface area contributed by atoms with Crippen molar-refractivity contribution in [2.24, 2.45) is 5.92 Å². The van der Waals surface area contributed by atoms with Gasteiger partial charge in [-0.05, 0) is 37.1 Å². The van der Waals surface area contributed by atoms with Crippen LogP contribution in [0.1, 0.15) is 34.8 Å². The van der Waals surface area contributed by atoms with Crippen molar-refractivity contribution in [2.75, 3.05) is 7.11 Å².